The molecule has 1 aliphatic heterocycles. The van der Waals surface area contributed by atoms with E-state index in [9.17, 15) is 0 Å². The normalized spacial score (nSPS) is 26.7. The van der Waals surface area contributed by atoms with Crippen LogP contribution < -0.4 is 5.32 Å². The van der Waals surface area contributed by atoms with Crippen molar-refractivity contribution >= 4 is 0 Å². The molecule has 2 rings (SSSR count). The zero-order valence-electron chi connectivity index (χ0n) is 9.09. The van der Waals surface area contributed by atoms with Gasteiger partial charge in [0.25, 0.3) is 0 Å². The van der Waals surface area contributed by atoms with Crippen LogP contribution in [0.1, 0.15) is 37.4 Å². The highest BCUT2D eigenvalue weighted by atomic mass is 14.9. The number of benzene rings is 1. The summed E-state index contributed by atoms with van der Waals surface area (Å²) in [6.45, 7) is 5.70. The molecule has 1 heteroatoms. The van der Waals surface area contributed by atoms with Crippen LogP contribution in [0.3, 0.4) is 0 Å². The minimum absolute atomic E-state index is 0.584. The number of hydrogen-bond acceptors (Lipinski definition) is 1. The van der Waals surface area contributed by atoms with Crippen molar-refractivity contribution in [3.05, 3.63) is 35.4 Å². The van der Waals surface area contributed by atoms with E-state index in [0.717, 1.165) is 12.3 Å². The molecule has 14 heavy (non-hydrogen) atoms. The standard InChI is InChI=1S/C13H19N/c1-3-11-4-6-12(7-5-11)13-10(2)8-9-14-13/h4-7,10,13-14H,3,8-9H2,1-2H3. The van der Waals surface area contributed by atoms with Crippen LogP contribution in [0.5, 0.6) is 0 Å². The van der Waals surface area contributed by atoms with Gasteiger partial charge >= 0.3 is 0 Å². The average Bonchev–Trinajstić information content (AvgIpc) is 2.65. The highest BCUT2D eigenvalue weighted by Crippen LogP contribution is 2.28. The van der Waals surface area contributed by atoms with Gasteiger partial charge in [-0.25, -0.2) is 0 Å². The molecule has 1 aromatic carbocycles. The fourth-order valence-corrected chi connectivity index (χ4v) is 2.24. The summed E-state index contributed by atoms with van der Waals surface area (Å²) >= 11 is 0. The second-order valence-electron chi connectivity index (χ2n) is 4.29. The van der Waals surface area contributed by atoms with Crippen LogP contribution in [0, 0.1) is 5.92 Å². The van der Waals surface area contributed by atoms with E-state index in [2.05, 4.69) is 43.4 Å². The van der Waals surface area contributed by atoms with Crippen LogP contribution >= 0.6 is 0 Å². The molecule has 0 aliphatic carbocycles. The Morgan fingerprint density at radius 3 is 2.50 bits per heavy atom. The van der Waals surface area contributed by atoms with E-state index in [1.54, 1.807) is 0 Å². The van der Waals surface area contributed by atoms with Crippen molar-refractivity contribution in [2.45, 2.75) is 32.7 Å². The van der Waals surface area contributed by atoms with Gasteiger partial charge in [-0.3, -0.25) is 0 Å². The summed E-state index contributed by atoms with van der Waals surface area (Å²) in [6.07, 6.45) is 2.44. The SMILES string of the molecule is CCc1ccc(C2NCCC2C)cc1. The molecule has 1 heterocycles. The van der Waals surface area contributed by atoms with Crippen molar-refractivity contribution in [2.75, 3.05) is 6.54 Å². The Morgan fingerprint density at radius 2 is 2.00 bits per heavy atom. The van der Waals surface area contributed by atoms with Gasteiger partial charge in [0.1, 0.15) is 0 Å². The number of nitrogens with one attached hydrogen (secondary N) is 1. The second-order valence-corrected chi connectivity index (χ2v) is 4.29. The molecule has 76 valence electrons. The first-order valence-corrected chi connectivity index (χ1v) is 5.63. The smallest absolute Gasteiger partial charge is 0.0346 e. The van der Waals surface area contributed by atoms with Crippen molar-refractivity contribution in [1.82, 2.24) is 5.32 Å². The topological polar surface area (TPSA) is 12.0 Å². The lowest BCUT2D eigenvalue weighted by Gasteiger charge is -2.16. The van der Waals surface area contributed by atoms with E-state index in [4.69, 9.17) is 0 Å². The maximum Gasteiger partial charge on any atom is 0.0346 e. The van der Waals surface area contributed by atoms with Crippen LogP contribution in [0.4, 0.5) is 0 Å². The zero-order valence-corrected chi connectivity index (χ0v) is 9.09. The highest BCUT2D eigenvalue weighted by molar-refractivity contribution is 5.26. The Hall–Kier alpha value is -0.820. The lowest BCUT2D eigenvalue weighted by Crippen LogP contribution is -2.16. The lowest BCUT2D eigenvalue weighted by atomic mass is 9.95. The quantitative estimate of drug-likeness (QED) is 0.754. The second kappa shape index (κ2) is 4.14. The first-order chi connectivity index (χ1) is 6.81. The monoisotopic (exact) mass is 189 g/mol. The number of aryl methyl sites for hydroxylation is 1. The molecule has 0 aromatic heterocycles. The average molecular weight is 189 g/mol. The maximum atomic E-state index is 3.56. The minimum atomic E-state index is 0.584. The van der Waals surface area contributed by atoms with Gasteiger partial charge in [-0.15, -0.1) is 0 Å². The summed E-state index contributed by atoms with van der Waals surface area (Å²) in [4.78, 5) is 0. The van der Waals surface area contributed by atoms with E-state index in [1.165, 1.54) is 24.1 Å². The molecule has 1 aliphatic rings. The predicted octanol–water partition coefficient (Wildman–Crippen LogP) is 2.92. The molecule has 1 fully saturated rings. The van der Waals surface area contributed by atoms with Gasteiger partial charge in [-0.05, 0) is 36.4 Å². The van der Waals surface area contributed by atoms with Gasteiger partial charge < -0.3 is 5.32 Å². The van der Waals surface area contributed by atoms with Crippen LogP contribution in [0.2, 0.25) is 0 Å². The fraction of sp³-hybridized carbons (Fsp3) is 0.538. The number of rotatable bonds is 2. The van der Waals surface area contributed by atoms with Gasteiger partial charge in [0.15, 0.2) is 0 Å². The molecule has 1 aromatic rings. The summed E-state index contributed by atoms with van der Waals surface area (Å²) < 4.78 is 0. The molecule has 1 saturated heterocycles. The first kappa shape index (κ1) is 9.72. The predicted molar refractivity (Wildman–Crippen MR) is 60.3 cm³/mol. The van der Waals surface area contributed by atoms with Crippen LogP contribution in [-0.4, -0.2) is 6.54 Å². The molecule has 2 atom stereocenters. The fourth-order valence-electron chi connectivity index (χ4n) is 2.24. The van der Waals surface area contributed by atoms with Gasteiger partial charge in [0, 0.05) is 6.04 Å². The lowest BCUT2D eigenvalue weighted by molar-refractivity contribution is 0.503. The van der Waals surface area contributed by atoms with Crippen molar-refractivity contribution < 1.29 is 0 Å². The van der Waals surface area contributed by atoms with E-state index < -0.39 is 0 Å². The van der Waals surface area contributed by atoms with Gasteiger partial charge in [-0.1, -0.05) is 38.1 Å². The Kier molecular flexibility index (Phi) is 2.87. The summed E-state index contributed by atoms with van der Waals surface area (Å²) in [5.74, 6) is 0.780. The molecule has 2 unspecified atom stereocenters. The minimum Gasteiger partial charge on any atom is -0.310 e. The van der Waals surface area contributed by atoms with Crippen LogP contribution in [0.15, 0.2) is 24.3 Å². The molecule has 0 saturated carbocycles. The molecule has 1 N–H and O–H groups in total. The van der Waals surface area contributed by atoms with Gasteiger partial charge in [0.2, 0.25) is 0 Å². The molecule has 0 radical (unpaired) electrons. The third-order valence-electron chi connectivity index (χ3n) is 3.28. The highest BCUT2D eigenvalue weighted by Gasteiger charge is 2.23. The molecule has 0 amide bonds. The third-order valence-corrected chi connectivity index (χ3v) is 3.28. The molecule has 0 spiro atoms. The Labute approximate surface area is 86.5 Å². The van der Waals surface area contributed by atoms with E-state index in [0.29, 0.717) is 6.04 Å². The third kappa shape index (κ3) is 1.83. The number of hydrogen-bond donors (Lipinski definition) is 1. The Bertz CT molecular complexity index is 289. The Morgan fingerprint density at radius 1 is 1.29 bits per heavy atom. The zero-order chi connectivity index (χ0) is 9.97. The van der Waals surface area contributed by atoms with Gasteiger partial charge in [0.05, 0.1) is 0 Å². The van der Waals surface area contributed by atoms with Crippen LogP contribution in [-0.2, 0) is 6.42 Å². The van der Waals surface area contributed by atoms with Crippen molar-refractivity contribution in [3.8, 4) is 0 Å². The summed E-state index contributed by atoms with van der Waals surface area (Å²) in [5.41, 5.74) is 2.88. The molecule has 1 nitrogen and oxygen atoms in total. The molecular weight excluding hydrogens is 170 g/mol. The maximum absolute atomic E-state index is 3.56. The first-order valence-electron chi connectivity index (χ1n) is 5.63. The van der Waals surface area contributed by atoms with E-state index in [1.807, 2.05) is 0 Å². The Balaban J connectivity index is 2.16. The molecular formula is C13H19N. The van der Waals surface area contributed by atoms with E-state index in [-0.39, 0.29) is 0 Å². The van der Waals surface area contributed by atoms with Crippen molar-refractivity contribution in [3.63, 3.8) is 0 Å². The molecule has 0 bridgehead atoms. The van der Waals surface area contributed by atoms with Crippen LogP contribution in [0.25, 0.3) is 0 Å². The van der Waals surface area contributed by atoms with Crippen molar-refractivity contribution in [1.29, 1.82) is 0 Å². The van der Waals surface area contributed by atoms with Gasteiger partial charge in [-0.2, -0.15) is 0 Å². The largest absolute Gasteiger partial charge is 0.310 e. The van der Waals surface area contributed by atoms with E-state index >= 15 is 0 Å². The summed E-state index contributed by atoms with van der Waals surface area (Å²) in [6, 6.07) is 9.64. The summed E-state index contributed by atoms with van der Waals surface area (Å²) in [7, 11) is 0. The summed E-state index contributed by atoms with van der Waals surface area (Å²) in [5, 5.41) is 3.56. The van der Waals surface area contributed by atoms with Crippen molar-refractivity contribution in [2.24, 2.45) is 5.92 Å².